The minimum atomic E-state index is -1.57. The van der Waals surface area contributed by atoms with E-state index in [4.69, 9.17) is 4.55 Å². The van der Waals surface area contributed by atoms with Crippen molar-refractivity contribution in [3.63, 3.8) is 0 Å². The Bertz CT molecular complexity index is 93.6. The second kappa shape index (κ2) is 7.22. The Balaban J connectivity index is 2.84. The second-order valence-electron chi connectivity index (χ2n) is 2.44. The lowest BCUT2D eigenvalue weighted by Crippen LogP contribution is -1.93. The zero-order valence-electron chi connectivity index (χ0n) is 6.51. The summed E-state index contributed by atoms with van der Waals surface area (Å²) in [6, 6.07) is 0. The first kappa shape index (κ1) is 10.1. The van der Waals surface area contributed by atoms with Crippen molar-refractivity contribution in [2.75, 3.05) is 5.75 Å². The Hall–Kier alpha value is 0.110. The lowest BCUT2D eigenvalue weighted by atomic mass is 10.2. The summed E-state index contributed by atoms with van der Waals surface area (Å²) in [5, 5.41) is 0. The fourth-order valence-corrected chi connectivity index (χ4v) is 1.28. The molecule has 0 radical (unpaired) electrons. The Kier molecular flexibility index (Phi) is 7.30. The van der Waals surface area contributed by atoms with Gasteiger partial charge in [0.2, 0.25) is 0 Å². The molecule has 0 aliphatic heterocycles. The maximum atomic E-state index is 10.1. The van der Waals surface area contributed by atoms with Crippen LogP contribution in [0.25, 0.3) is 0 Å². The molecule has 0 fully saturated rings. The Morgan fingerprint density at radius 1 is 1.20 bits per heavy atom. The predicted molar refractivity (Wildman–Crippen MR) is 44.4 cm³/mol. The monoisotopic (exact) mass is 164 g/mol. The summed E-state index contributed by atoms with van der Waals surface area (Å²) in [7, 11) is 0. The largest absolute Gasteiger partial charge is 0.306 e. The van der Waals surface area contributed by atoms with E-state index in [1.807, 2.05) is 0 Å². The molecule has 1 N–H and O–H groups in total. The molecule has 0 spiro atoms. The summed E-state index contributed by atoms with van der Waals surface area (Å²) in [6.45, 7) is 2.16. The molecule has 10 heavy (non-hydrogen) atoms. The smallest absolute Gasteiger partial charge is 0.152 e. The van der Waals surface area contributed by atoms with Crippen LogP contribution in [-0.2, 0) is 11.1 Å². The summed E-state index contributed by atoms with van der Waals surface area (Å²) in [5.41, 5.74) is 0. The number of hydrogen-bond acceptors (Lipinski definition) is 1. The molecule has 0 aromatic heterocycles. The summed E-state index contributed by atoms with van der Waals surface area (Å²) in [4.78, 5) is 0. The van der Waals surface area contributed by atoms with Gasteiger partial charge in [-0.15, -0.1) is 0 Å². The van der Waals surface area contributed by atoms with Gasteiger partial charge in [-0.1, -0.05) is 32.6 Å². The Morgan fingerprint density at radius 3 is 2.30 bits per heavy atom. The topological polar surface area (TPSA) is 37.3 Å². The van der Waals surface area contributed by atoms with Gasteiger partial charge < -0.3 is 4.55 Å². The molecule has 0 saturated heterocycles. The highest BCUT2D eigenvalue weighted by Gasteiger charge is 1.92. The molecule has 0 aliphatic carbocycles. The molecule has 0 heterocycles. The van der Waals surface area contributed by atoms with Crippen molar-refractivity contribution in [3.8, 4) is 0 Å². The van der Waals surface area contributed by atoms with Gasteiger partial charge in [0.15, 0.2) is 11.1 Å². The summed E-state index contributed by atoms with van der Waals surface area (Å²) in [6.07, 6.45) is 5.66. The molecule has 2 nitrogen and oxygen atoms in total. The van der Waals surface area contributed by atoms with Gasteiger partial charge in [0.25, 0.3) is 0 Å². The fraction of sp³-hybridized carbons (Fsp3) is 1.00. The molecule has 0 aliphatic rings. The SMILES string of the molecule is CCCCCCCS(=O)O. The maximum Gasteiger partial charge on any atom is 0.152 e. The number of hydrogen-bond donors (Lipinski definition) is 1. The highest BCUT2D eigenvalue weighted by Crippen LogP contribution is 2.02. The Morgan fingerprint density at radius 2 is 1.80 bits per heavy atom. The van der Waals surface area contributed by atoms with Gasteiger partial charge in [-0.2, -0.15) is 0 Å². The van der Waals surface area contributed by atoms with Crippen molar-refractivity contribution in [1.29, 1.82) is 0 Å². The van der Waals surface area contributed by atoms with E-state index >= 15 is 0 Å². The summed E-state index contributed by atoms with van der Waals surface area (Å²) < 4.78 is 18.5. The van der Waals surface area contributed by atoms with Crippen LogP contribution in [0.1, 0.15) is 39.0 Å². The van der Waals surface area contributed by atoms with Crippen molar-refractivity contribution in [2.24, 2.45) is 0 Å². The van der Waals surface area contributed by atoms with Crippen LogP contribution in [0.3, 0.4) is 0 Å². The Labute approximate surface area is 65.3 Å². The number of rotatable bonds is 6. The average molecular weight is 164 g/mol. The minimum Gasteiger partial charge on any atom is -0.306 e. The molecule has 3 heteroatoms. The average Bonchev–Trinajstić information content (AvgIpc) is 1.87. The van der Waals surface area contributed by atoms with Crippen LogP contribution in [0.2, 0.25) is 0 Å². The number of unbranched alkanes of at least 4 members (excludes halogenated alkanes) is 4. The van der Waals surface area contributed by atoms with E-state index in [2.05, 4.69) is 6.92 Å². The highest BCUT2D eigenvalue weighted by molar-refractivity contribution is 7.79. The first-order valence-electron chi connectivity index (χ1n) is 3.85. The van der Waals surface area contributed by atoms with Gasteiger partial charge in [0, 0.05) is 5.75 Å². The third kappa shape index (κ3) is 8.11. The van der Waals surface area contributed by atoms with Crippen LogP contribution in [0.5, 0.6) is 0 Å². The van der Waals surface area contributed by atoms with E-state index in [0.717, 1.165) is 12.8 Å². The van der Waals surface area contributed by atoms with Crippen molar-refractivity contribution >= 4 is 11.1 Å². The van der Waals surface area contributed by atoms with Gasteiger partial charge >= 0.3 is 0 Å². The van der Waals surface area contributed by atoms with Gasteiger partial charge in [0.05, 0.1) is 0 Å². The first-order valence-corrected chi connectivity index (χ1v) is 5.12. The molecule has 0 saturated carbocycles. The van der Waals surface area contributed by atoms with Crippen LogP contribution in [0, 0.1) is 0 Å². The molecule has 0 bridgehead atoms. The zero-order valence-corrected chi connectivity index (χ0v) is 7.32. The van der Waals surface area contributed by atoms with Gasteiger partial charge in [-0.25, -0.2) is 4.21 Å². The van der Waals surface area contributed by atoms with Crippen molar-refractivity contribution < 1.29 is 8.76 Å². The van der Waals surface area contributed by atoms with Crippen molar-refractivity contribution in [2.45, 2.75) is 39.0 Å². The third-order valence-corrected chi connectivity index (χ3v) is 2.06. The van der Waals surface area contributed by atoms with Crippen LogP contribution in [0.15, 0.2) is 0 Å². The molecule has 0 amide bonds. The van der Waals surface area contributed by atoms with E-state index in [-0.39, 0.29) is 0 Å². The first-order chi connectivity index (χ1) is 4.77. The van der Waals surface area contributed by atoms with Crippen molar-refractivity contribution in [3.05, 3.63) is 0 Å². The van der Waals surface area contributed by atoms with Crippen LogP contribution in [0.4, 0.5) is 0 Å². The fourth-order valence-electron chi connectivity index (χ4n) is 0.829. The predicted octanol–water partition coefficient (Wildman–Crippen LogP) is 2.18. The third-order valence-electron chi connectivity index (χ3n) is 1.42. The van der Waals surface area contributed by atoms with Gasteiger partial charge in [-0.05, 0) is 6.42 Å². The standard InChI is InChI=1S/C7H16O2S/c1-2-3-4-5-6-7-10(8)9/h2-7H2,1H3,(H,8,9). The summed E-state index contributed by atoms with van der Waals surface area (Å²) >= 11 is -1.57. The molecule has 0 aromatic rings. The minimum absolute atomic E-state index is 0.448. The highest BCUT2D eigenvalue weighted by atomic mass is 32.2. The summed E-state index contributed by atoms with van der Waals surface area (Å²) in [5.74, 6) is 0.448. The quantitative estimate of drug-likeness (QED) is 0.482. The molecule has 62 valence electrons. The molecule has 0 aromatic carbocycles. The second-order valence-corrected chi connectivity index (χ2v) is 3.49. The molecular weight excluding hydrogens is 148 g/mol. The van der Waals surface area contributed by atoms with Gasteiger partial charge in [0.1, 0.15) is 0 Å². The van der Waals surface area contributed by atoms with E-state index in [1.54, 1.807) is 0 Å². The van der Waals surface area contributed by atoms with Crippen LogP contribution in [-0.4, -0.2) is 14.5 Å². The maximum absolute atomic E-state index is 10.1. The van der Waals surface area contributed by atoms with E-state index in [0.29, 0.717) is 5.75 Å². The molecule has 0 rings (SSSR count). The molecular formula is C7H16O2S. The molecule has 1 atom stereocenters. The van der Waals surface area contributed by atoms with E-state index < -0.39 is 11.1 Å². The zero-order chi connectivity index (χ0) is 7.82. The lowest BCUT2D eigenvalue weighted by Gasteiger charge is -1.95. The van der Waals surface area contributed by atoms with Crippen LogP contribution < -0.4 is 0 Å². The van der Waals surface area contributed by atoms with E-state index in [1.165, 1.54) is 19.3 Å². The van der Waals surface area contributed by atoms with Crippen LogP contribution >= 0.6 is 0 Å². The van der Waals surface area contributed by atoms with E-state index in [9.17, 15) is 4.21 Å². The molecule has 1 unspecified atom stereocenters. The normalized spacial score (nSPS) is 13.4. The van der Waals surface area contributed by atoms with Gasteiger partial charge in [-0.3, -0.25) is 0 Å². The van der Waals surface area contributed by atoms with Crippen molar-refractivity contribution in [1.82, 2.24) is 0 Å². The lowest BCUT2D eigenvalue weighted by molar-refractivity contribution is 0.557.